The third-order valence-electron chi connectivity index (χ3n) is 1.48. The van der Waals surface area contributed by atoms with Crippen LogP contribution in [0, 0.1) is 6.92 Å². The molecule has 0 radical (unpaired) electrons. The zero-order valence-corrected chi connectivity index (χ0v) is 8.91. The van der Waals surface area contributed by atoms with E-state index < -0.39 is 6.09 Å². The number of anilines is 1. The smallest absolute Gasteiger partial charge is 0.404 e. The number of aromatic nitrogens is 2. The van der Waals surface area contributed by atoms with Crippen molar-refractivity contribution in [3.05, 3.63) is 17.0 Å². The summed E-state index contributed by atoms with van der Waals surface area (Å²) in [6.07, 6.45) is -0.797. The van der Waals surface area contributed by atoms with Gasteiger partial charge in [0.25, 0.3) is 0 Å². The van der Waals surface area contributed by atoms with Gasteiger partial charge in [-0.25, -0.2) is 14.8 Å². The summed E-state index contributed by atoms with van der Waals surface area (Å²) in [6, 6.07) is 1.73. The van der Waals surface area contributed by atoms with E-state index in [0.717, 1.165) is 5.69 Å². The summed E-state index contributed by atoms with van der Waals surface area (Å²) < 4.78 is 4.52. The number of halogens is 1. The predicted molar refractivity (Wildman–Crippen MR) is 55.8 cm³/mol. The Morgan fingerprint density at radius 2 is 2.40 bits per heavy atom. The number of nitrogens with two attached hydrogens (primary N) is 1. The van der Waals surface area contributed by atoms with Crippen LogP contribution in [-0.2, 0) is 4.74 Å². The second kappa shape index (κ2) is 5.35. The van der Waals surface area contributed by atoms with Gasteiger partial charge in [-0.15, -0.1) is 0 Å². The lowest BCUT2D eigenvalue weighted by Gasteiger charge is -2.06. The van der Waals surface area contributed by atoms with Crippen molar-refractivity contribution < 1.29 is 9.53 Å². The molecule has 0 saturated carbocycles. The van der Waals surface area contributed by atoms with E-state index in [0.29, 0.717) is 12.4 Å². The van der Waals surface area contributed by atoms with Gasteiger partial charge in [-0.2, -0.15) is 0 Å². The lowest BCUT2D eigenvalue weighted by Crippen LogP contribution is -2.18. The monoisotopic (exact) mass is 230 g/mol. The number of nitrogens with zero attached hydrogens (tertiary/aromatic N) is 2. The first-order valence-electron chi connectivity index (χ1n) is 4.25. The Balaban J connectivity index is 2.40. The van der Waals surface area contributed by atoms with Crippen molar-refractivity contribution in [3.63, 3.8) is 0 Å². The molecule has 0 bridgehead atoms. The molecule has 0 atom stereocenters. The highest BCUT2D eigenvalue weighted by atomic mass is 35.5. The first-order chi connectivity index (χ1) is 7.08. The van der Waals surface area contributed by atoms with Crippen molar-refractivity contribution in [2.45, 2.75) is 6.92 Å². The van der Waals surface area contributed by atoms with E-state index in [1.54, 1.807) is 13.0 Å². The van der Waals surface area contributed by atoms with Crippen molar-refractivity contribution in [1.82, 2.24) is 9.97 Å². The van der Waals surface area contributed by atoms with E-state index in [1.165, 1.54) is 0 Å². The highest BCUT2D eigenvalue weighted by Crippen LogP contribution is 2.08. The summed E-state index contributed by atoms with van der Waals surface area (Å²) in [5, 5.41) is 3.09. The maximum atomic E-state index is 10.2. The SMILES string of the molecule is Cc1cc(NCCOC(N)=O)nc(Cl)n1. The molecule has 1 aromatic heterocycles. The highest BCUT2D eigenvalue weighted by molar-refractivity contribution is 6.28. The van der Waals surface area contributed by atoms with Gasteiger partial charge in [0.05, 0.1) is 6.54 Å². The maximum Gasteiger partial charge on any atom is 0.404 e. The molecule has 0 fully saturated rings. The third kappa shape index (κ3) is 4.46. The summed E-state index contributed by atoms with van der Waals surface area (Å²) >= 11 is 5.65. The molecule has 0 aromatic carbocycles. The van der Waals surface area contributed by atoms with Crippen LogP contribution in [-0.4, -0.2) is 29.2 Å². The lowest BCUT2D eigenvalue weighted by molar-refractivity contribution is 0.161. The molecule has 7 heteroatoms. The van der Waals surface area contributed by atoms with Crippen LogP contribution in [0.4, 0.5) is 10.6 Å². The van der Waals surface area contributed by atoms with Crippen molar-refractivity contribution in [1.29, 1.82) is 0 Å². The number of carbonyl (C=O) groups excluding carboxylic acids is 1. The summed E-state index contributed by atoms with van der Waals surface area (Å²) in [5.41, 5.74) is 5.54. The number of rotatable bonds is 4. The zero-order valence-electron chi connectivity index (χ0n) is 8.16. The van der Waals surface area contributed by atoms with Gasteiger partial charge in [0.15, 0.2) is 0 Å². The Kier molecular flexibility index (Phi) is 4.11. The van der Waals surface area contributed by atoms with E-state index >= 15 is 0 Å². The van der Waals surface area contributed by atoms with Crippen LogP contribution >= 0.6 is 11.6 Å². The molecule has 1 aromatic rings. The number of nitrogens with one attached hydrogen (secondary N) is 1. The van der Waals surface area contributed by atoms with Crippen LogP contribution in [0.15, 0.2) is 6.07 Å². The normalized spacial score (nSPS) is 9.73. The summed E-state index contributed by atoms with van der Waals surface area (Å²) in [5.74, 6) is 0.584. The van der Waals surface area contributed by atoms with Crippen LogP contribution in [0.25, 0.3) is 0 Å². The van der Waals surface area contributed by atoms with Gasteiger partial charge in [-0.3, -0.25) is 0 Å². The second-order valence-corrected chi connectivity index (χ2v) is 3.10. The number of hydrogen-bond donors (Lipinski definition) is 2. The van der Waals surface area contributed by atoms with Crippen molar-refractivity contribution >= 4 is 23.5 Å². The Morgan fingerprint density at radius 3 is 3.00 bits per heavy atom. The van der Waals surface area contributed by atoms with Gasteiger partial charge in [0.1, 0.15) is 12.4 Å². The van der Waals surface area contributed by atoms with Crippen LogP contribution in [0.1, 0.15) is 5.69 Å². The summed E-state index contributed by atoms with van der Waals surface area (Å²) in [6.45, 7) is 2.39. The first-order valence-corrected chi connectivity index (χ1v) is 4.63. The fourth-order valence-corrected chi connectivity index (χ4v) is 1.18. The molecule has 3 N–H and O–H groups in total. The van der Waals surface area contributed by atoms with Crippen molar-refractivity contribution in [2.24, 2.45) is 5.73 Å². The van der Waals surface area contributed by atoms with Gasteiger partial charge in [0.2, 0.25) is 5.28 Å². The zero-order chi connectivity index (χ0) is 11.3. The van der Waals surface area contributed by atoms with E-state index in [-0.39, 0.29) is 11.9 Å². The largest absolute Gasteiger partial charge is 0.448 e. The minimum atomic E-state index is -0.797. The number of amides is 1. The van der Waals surface area contributed by atoms with E-state index in [4.69, 9.17) is 17.3 Å². The molecule has 82 valence electrons. The number of primary amides is 1. The standard InChI is InChI=1S/C8H11ClN4O2/c1-5-4-6(13-7(9)12-5)11-2-3-15-8(10)14/h4H,2-3H2,1H3,(H2,10,14)(H,11,12,13). The Morgan fingerprint density at radius 1 is 1.67 bits per heavy atom. The Labute approximate surface area is 91.8 Å². The molecule has 1 rings (SSSR count). The molecule has 6 nitrogen and oxygen atoms in total. The fraction of sp³-hybridized carbons (Fsp3) is 0.375. The van der Waals surface area contributed by atoms with Crippen molar-refractivity contribution in [3.8, 4) is 0 Å². The van der Waals surface area contributed by atoms with E-state index in [1.807, 2.05) is 0 Å². The lowest BCUT2D eigenvalue weighted by atomic mass is 10.4. The molecule has 0 aliphatic carbocycles. The first kappa shape index (κ1) is 11.5. The number of hydrogen-bond acceptors (Lipinski definition) is 5. The predicted octanol–water partition coefficient (Wildman–Crippen LogP) is 0.946. The summed E-state index contributed by atoms with van der Waals surface area (Å²) in [4.78, 5) is 18.1. The molecule has 0 aliphatic rings. The molecular weight excluding hydrogens is 220 g/mol. The molecule has 0 aliphatic heterocycles. The highest BCUT2D eigenvalue weighted by Gasteiger charge is 1.99. The number of carbonyl (C=O) groups is 1. The molecular formula is C8H11ClN4O2. The third-order valence-corrected chi connectivity index (χ3v) is 1.65. The molecule has 0 spiro atoms. The van der Waals surface area contributed by atoms with Gasteiger partial charge in [-0.1, -0.05) is 0 Å². The van der Waals surface area contributed by atoms with Crippen LogP contribution in [0.2, 0.25) is 5.28 Å². The van der Waals surface area contributed by atoms with Gasteiger partial charge >= 0.3 is 6.09 Å². The van der Waals surface area contributed by atoms with Crippen LogP contribution in [0.5, 0.6) is 0 Å². The molecule has 0 saturated heterocycles. The topological polar surface area (TPSA) is 90.1 Å². The quantitative estimate of drug-likeness (QED) is 0.594. The fourth-order valence-electron chi connectivity index (χ4n) is 0.954. The van der Waals surface area contributed by atoms with Gasteiger partial charge in [0, 0.05) is 11.8 Å². The van der Waals surface area contributed by atoms with E-state index in [9.17, 15) is 4.79 Å². The average molecular weight is 231 g/mol. The minimum absolute atomic E-state index is 0.174. The number of aryl methyl sites for hydroxylation is 1. The second-order valence-electron chi connectivity index (χ2n) is 2.76. The number of ether oxygens (including phenoxy) is 1. The van der Waals surface area contributed by atoms with E-state index in [2.05, 4.69) is 20.0 Å². The van der Waals surface area contributed by atoms with Gasteiger partial charge in [-0.05, 0) is 18.5 Å². The molecule has 0 unspecified atom stereocenters. The average Bonchev–Trinajstić information content (AvgIpc) is 2.10. The summed E-state index contributed by atoms with van der Waals surface area (Å²) in [7, 11) is 0. The van der Waals surface area contributed by atoms with Crippen LogP contribution < -0.4 is 11.1 Å². The minimum Gasteiger partial charge on any atom is -0.448 e. The molecule has 15 heavy (non-hydrogen) atoms. The van der Waals surface area contributed by atoms with Crippen molar-refractivity contribution in [2.75, 3.05) is 18.5 Å². The molecule has 1 heterocycles. The Bertz CT molecular complexity index is 338. The van der Waals surface area contributed by atoms with Crippen LogP contribution in [0.3, 0.4) is 0 Å². The maximum absolute atomic E-state index is 10.2. The molecule has 1 amide bonds. The van der Waals surface area contributed by atoms with Gasteiger partial charge < -0.3 is 15.8 Å². The Hall–Kier alpha value is -1.56.